The molecule has 2 heteroatoms. The first-order chi connectivity index (χ1) is 8.82. The van der Waals surface area contributed by atoms with Crippen molar-refractivity contribution in [2.45, 2.75) is 33.2 Å². The van der Waals surface area contributed by atoms with Crippen LogP contribution < -0.4 is 5.73 Å². The van der Waals surface area contributed by atoms with E-state index in [-0.39, 0.29) is 5.82 Å². The summed E-state index contributed by atoms with van der Waals surface area (Å²) in [6.07, 6.45) is 0. The van der Waals surface area contributed by atoms with Crippen molar-refractivity contribution in [2.75, 3.05) is 0 Å². The Morgan fingerprint density at radius 2 is 1.63 bits per heavy atom. The Bertz CT molecular complexity index is 615. The van der Waals surface area contributed by atoms with E-state index in [2.05, 4.69) is 13.0 Å². The zero-order chi connectivity index (χ0) is 14.2. The van der Waals surface area contributed by atoms with Crippen LogP contribution in [0.2, 0.25) is 0 Å². The summed E-state index contributed by atoms with van der Waals surface area (Å²) in [7, 11) is 0. The predicted octanol–water partition coefficient (Wildman–Crippen LogP) is 3.97. The summed E-state index contributed by atoms with van der Waals surface area (Å²) in [6, 6.07) is 11.4. The van der Waals surface area contributed by atoms with Gasteiger partial charge in [-0.05, 0) is 56.0 Å². The maximum atomic E-state index is 13.7. The molecule has 0 heterocycles. The van der Waals surface area contributed by atoms with E-state index in [9.17, 15) is 4.39 Å². The van der Waals surface area contributed by atoms with Crippen molar-refractivity contribution >= 4 is 0 Å². The Labute approximate surface area is 114 Å². The number of nitrogens with two attached hydrogens (primary N) is 1. The number of rotatable bonds is 2. The standard InChI is InChI=1S/C17H20FN/c1-11-5-8-15(13(3)9-11)17(4,19)14-7-6-12(2)16(18)10-14/h5-10H,19H2,1-4H3. The van der Waals surface area contributed by atoms with Crippen LogP contribution in [0.15, 0.2) is 36.4 Å². The molecule has 2 aromatic carbocycles. The highest BCUT2D eigenvalue weighted by Crippen LogP contribution is 2.30. The molecule has 0 spiro atoms. The van der Waals surface area contributed by atoms with E-state index >= 15 is 0 Å². The molecule has 0 aliphatic heterocycles. The molecule has 1 nitrogen and oxygen atoms in total. The second kappa shape index (κ2) is 4.78. The van der Waals surface area contributed by atoms with Crippen LogP contribution in [-0.2, 0) is 5.54 Å². The summed E-state index contributed by atoms with van der Waals surface area (Å²) < 4.78 is 13.7. The highest BCUT2D eigenvalue weighted by Gasteiger charge is 2.26. The van der Waals surface area contributed by atoms with E-state index in [4.69, 9.17) is 5.73 Å². The van der Waals surface area contributed by atoms with Crippen molar-refractivity contribution in [2.24, 2.45) is 5.73 Å². The van der Waals surface area contributed by atoms with E-state index in [0.717, 1.165) is 16.7 Å². The van der Waals surface area contributed by atoms with Crippen LogP contribution >= 0.6 is 0 Å². The third-order valence-corrected chi connectivity index (χ3v) is 3.71. The van der Waals surface area contributed by atoms with Gasteiger partial charge in [0.15, 0.2) is 0 Å². The summed E-state index contributed by atoms with van der Waals surface area (Å²) in [5.74, 6) is -0.209. The van der Waals surface area contributed by atoms with Gasteiger partial charge in [0.1, 0.15) is 5.82 Å². The molecule has 0 fully saturated rings. The van der Waals surface area contributed by atoms with Gasteiger partial charge in [-0.25, -0.2) is 4.39 Å². The zero-order valence-corrected chi connectivity index (χ0v) is 11.9. The summed E-state index contributed by atoms with van der Waals surface area (Å²) >= 11 is 0. The van der Waals surface area contributed by atoms with Gasteiger partial charge in [0.2, 0.25) is 0 Å². The first kappa shape index (κ1) is 13.8. The molecule has 1 unspecified atom stereocenters. The normalized spacial score (nSPS) is 14.2. The molecule has 0 aliphatic carbocycles. The maximum Gasteiger partial charge on any atom is 0.126 e. The van der Waals surface area contributed by atoms with Crippen molar-refractivity contribution < 1.29 is 4.39 Å². The lowest BCUT2D eigenvalue weighted by molar-refractivity contribution is 0.575. The lowest BCUT2D eigenvalue weighted by atomic mass is 9.82. The fourth-order valence-corrected chi connectivity index (χ4v) is 2.47. The van der Waals surface area contributed by atoms with E-state index in [1.807, 2.05) is 32.0 Å². The van der Waals surface area contributed by atoms with Crippen molar-refractivity contribution in [1.29, 1.82) is 0 Å². The Balaban J connectivity index is 2.54. The van der Waals surface area contributed by atoms with Gasteiger partial charge >= 0.3 is 0 Å². The molecule has 0 aliphatic rings. The number of hydrogen-bond acceptors (Lipinski definition) is 1. The minimum Gasteiger partial charge on any atom is -0.318 e. The fourth-order valence-electron chi connectivity index (χ4n) is 2.47. The van der Waals surface area contributed by atoms with E-state index in [1.54, 1.807) is 13.0 Å². The third kappa shape index (κ3) is 2.54. The number of benzene rings is 2. The Hall–Kier alpha value is -1.67. The molecule has 0 bridgehead atoms. The van der Waals surface area contributed by atoms with Crippen LogP contribution in [0.5, 0.6) is 0 Å². The molecular formula is C17H20FN. The third-order valence-electron chi connectivity index (χ3n) is 3.71. The van der Waals surface area contributed by atoms with Crippen LogP contribution in [0.25, 0.3) is 0 Å². The summed E-state index contributed by atoms with van der Waals surface area (Å²) in [5.41, 5.74) is 10.6. The van der Waals surface area contributed by atoms with Gasteiger partial charge in [0, 0.05) is 0 Å². The Kier molecular flexibility index (Phi) is 3.46. The van der Waals surface area contributed by atoms with Crippen LogP contribution in [0, 0.1) is 26.6 Å². The fraction of sp³-hybridized carbons (Fsp3) is 0.294. The average Bonchev–Trinajstić information content (AvgIpc) is 2.32. The maximum absolute atomic E-state index is 13.7. The van der Waals surface area contributed by atoms with E-state index in [0.29, 0.717) is 5.56 Å². The van der Waals surface area contributed by atoms with Gasteiger partial charge in [-0.15, -0.1) is 0 Å². The van der Waals surface area contributed by atoms with Crippen molar-refractivity contribution in [1.82, 2.24) is 0 Å². The van der Waals surface area contributed by atoms with Crippen LogP contribution in [0.3, 0.4) is 0 Å². The van der Waals surface area contributed by atoms with Crippen molar-refractivity contribution in [3.8, 4) is 0 Å². The molecule has 0 saturated carbocycles. The molecule has 2 N–H and O–H groups in total. The molecule has 0 saturated heterocycles. The number of halogens is 1. The van der Waals surface area contributed by atoms with Gasteiger partial charge in [-0.2, -0.15) is 0 Å². The van der Waals surface area contributed by atoms with Gasteiger partial charge in [-0.3, -0.25) is 0 Å². The smallest absolute Gasteiger partial charge is 0.126 e. The van der Waals surface area contributed by atoms with E-state index in [1.165, 1.54) is 11.6 Å². The molecular weight excluding hydrogens is 237 g/mol. The Morgan fingerprint density at radius 3 is 2.21 bits per heavy atom. The van der Waals surface area contributed by atoms with Crippen LogP contribution in [0.1, 0.15) is 34.7 Å². The average molecular weight is 257 g/mol. The summed E-state index contributed by atoms with van der Waals surface area (Å²) in [5, 5.41) is 0. The zero-order valence-electron chi connectivity index (χ0n) is 11.9. The monoisotopic (exact) mass is 257 g/mol. The molecule has 0 amide bonds. The molecule has 19 heavy (non-hydrogen) atoms. The van der Waals surface area contributed by atoms with Crippen LogP contribution in [-0.4, -0.2) is 0 Å². The lowest BCUT2D eigenvalue weighted by Crippen LogP contribution is -2.35. The van der Waals surface area contributed by atoms with Crippen molar-refractivity contribution in [3.63, 3.8) is 0 Å². The predicted molar refractivity (Wildman–Crippen MR) is 77.7 cm³/mol. The number of hydrogen-bond donors (Lipinski definition) is 1. The molecule has 2 rings (SSSR count). The van der Waals surface area contributed by atoms with E-state index < -0.39 is 5.54 Å². The summed E-state index contributed by atoms with van der Waals surface area (Å²) in [6.45, 7) is 7.77. The second-order valence-electron chi connectivity index (χ2n) is 5.48. The topological polar surface area (TPSA) is 26.0 Å². The van der Waals surface area contributed by atoms with Gasteiger partial charge < -0.3 is 5.73 Å². The lowest BCUT2D eigenvalue weighted by Gasteiger charge is -2.28. The van der Waals surface area contributed by atoms with Gasteiger partial charge in [0.25, 0.3) is 0 Å². The number of aryl methyl sites for hydroxylation is 3. The Morgan fingerprint density at radius 1 is 0.947 bits per heavy atom. The quantitative estimate of drug-likeness (QED) is 0.865. The molecule has 0 aromatic heterocycles. The highest BCUT2D eigenvalue weighted by molar-refractivity contribution is 5.43. The van der Waals surface area contributed by atoms with Gasteiger partial charge in [0.05, 0.1) is 5.54 Å². The van der Waals surface area contributed by atoms with Crippen LogP contribution in [0.4, 0.5) is 4.39 Å². The molecule has 1 atom stereocenters. The van der Waals surface area contributed by atoms with Gasteiger partial charge in [-0.1, -0.05) is 35.9 Å². The van der Waals surface area contributed by atoms with Crippen molar-refractivity contribution in [3.05, 3.63) is 70.0 Å². The summed E-state index contributed by atoms with van der Waals surface area (Å²) in [4.78, 5) is 0. The molecule has 100 valence electrons. The minimum absolute atomic E-state index is 0.209. The SMILES string of the molecule is Cc1ccc(C(C)(N)c2ccc(C)c(F)c2)c(C)c1. The molecule has 0 radical (unpaired) electrons. The highest BCUT2D eigenvalue weighted by atomic mass is 19.1. The largest absolute Gasteiger partial charge is 0.318 e. The molecule has 2 aromatic rings. The first-order valence-corrected chi connectivity index (χ1v) is 6.45. The first-order valence-electron chi connectivity index (χ1n) is 6.45. The minimum atomic E-state index is -0.688. The second-order valence-corrected chi connectivity index (χ2v) is 5.48.